The lowest BCUT2D eigenvalue weighted by atomic mass is 9.76. The van der Waals surface area contributed by atoms with Crippen molar-refractivity contribution in [2.24, 2.45) is 5.41 Å². The molecule has 0 unspecified atom stereocenters. The Balaban J connectivity index is 3.76. The smallest absolute Gasteiger partial charge is 0.305 e. The zero-order chi connectivity index (χ0) is 11.7. The van der Waals surface area contributed by atoms with Gasteiger partial charge >= 0.3 is 5.97 Å². The van der Waals surface area contributed by atoms with E-state index in [9.17, 15) is 4.79 Å². The molecule has 0 heterocycles. The van der Waals surface area contributed by atoms with Crippen molar-refractivity contribution in [1.82, 2.24) is 0 Å². The van der Waals surface area contributed by atoms with Crippen molar-refractivity contribution in [2.75, 3.05) is 7.11 Å². The van der Waals surface area contributed by atoms with Crippen LogP contribution in [0.2, 0.25) is 0 Å². The lowest BCUT2D eigenvalue weighted by Crippen LogP contribution is -2.17. The highest BCUT2D eigenvalue weighted by Gasteiger charge is 2.22. The topological polar surface area (TPSA) is 26.3 Å². The second-order valence-electron chi connectivity index (χ2n) is 4.34. The number of ether oxygens (including phenoxy) is 1. The van der Waals surface area contributed by atoms with Crippen LogP contribution in [0.5, 0.6) is 0 Å². The second kappa shape index (κ2) is 7.72. The van der Waals surface area contributed by atoms with Crippen molar-refractivity contribution in [3.63, 3.8) is 0 Å². The first-order valence-corrected chi connectivity index (χ1v) is 6.21. The number of hydrogen-bond donors (Lipinski definition) is 0. The quantitative estimate of drug-likeness (QED) is 0.452. The van der Waals surface area contributed by atoms with E-state index in [1.54, 1.807) is 0 Å². The molecule has 0 aromatic heterocycles. The largest absolute Gasteiger partial charge is 0.469 e. The van der Waals surface area contributed by atoms with Gasteiger partial charge in [-0.3, -0.25) is 4.79 Å². The van der Waals surface area contributed by atoms with E-state index >= 15 is 0 Å². The summed E-state index contributed by atoms with van der Waals surface area (Å²) in [6, 6.07) is 0. The molecule has 15 heavy (non-hydrogen) atoms. The van der Waals surface area contributed by atoms with Crippen LogP contribution in [0.1, 0.15) is 65.7 Å². The summed E-state index contributed by atoms with van der Waals surface area (Å²) in [6.45, 7) is 6.81. The highest BCUT2D eigenvalue weighted by atomic mass is 16.5. The fourth-order valence-corrected chi connectivity index (χ4v) is 2.15. The summed E-state index contributed by atoms with van der Waals surface area (Å²) in [4.78, 5) is 10.9. The van der Waals surface area contributed by atoms with Crippen molar-refractivity contribution in [2.45, 2.75) is 65.7 Å². The molecule has 0 aromatic rings. The van der Waals surface area contributed by atoms with Gasteiger partial charge in [-0.05, 0) is 18.3 Å². The van der Waals surface area contributed by atoms with Gasteiger partial charge in [-0.2, -0.15) is 0 Å². The zero-order valence-corrected chi connectivity index (χ0v) is 10.8. The van der Waals surface area contributed by atoms with E-state index in [1.165, 1.54) is 32.8 Å². The Bertz CT molecular complexity index is 163. The average Bonchev–Trinajstić information content (AvgIpc) is 2.30. The summed E-state index contributed by atoms with van der Waals surface area (Å²) in [7, 11) is 1.46. The number of carbonyl (C=O) groups excluding carboxylic acids is 1. The molecule has 0 N–H and O–H groups in total. The number of rotatable bonds is 8. The predicted molar refractivity (Wildman–Crippen MR) is 63.8 cm³/mol. The van der Waals surface area contributed by atoms with Crippen LogP contribution in [0.25, 0.3) is 0 Å². The molecular weight excluding hydrogens is 188 g/mol. The van der Waals surface area contributed by atoms with Gasteiger partial charge in [0.05, 0.1) is 7.11 Å². The highest BCUT2D eigenvalue weighted by molar-refractivity contribution is 5.68. The normalized spacial score (nSPS) is 11.5. The van der Waals surface area contributed by atoms with Crippen LogP contribution < -0.4 is 0 Å². The van der Waals surface area contributed by atoms with E-state index in [4.69, 9.17) is 0 Å². The molecule has 0 spiro atoms. The summed E-state index contributed by atoms with van der Waals surface area (Å²) in [6.07, 6.45) is 7.67. The summed E-state index contributed by atoms with van der Waals surface area (Å²) in [5, 5.41) is 0. The van der Waals surface area contributed by atoms with Crippen LogP contribution >= 0.6 is 0 Å². The maximum absolute atomic E-state index is 10.9. The minimum atomic E-state index is -0.0786. The molecule has 0 fully saturated rings. The minimum absolute atomic E-state index is 0.0786. The van der Waals surface area contributed by atoms with E-state index in [-0.39, 0.29) is 5.97 Å². The fraction of sp³-hybridized carbons (Fsp3) is 0.923. The van der Waals surface area contributed by atoms with Crippen molar-refractivity contribution in [1.29, 1.82) is 0 Å². The highest BCUT2D eigenvalue weighted by Crippen LogP contribution is 2.35. The molecule has 90 valence electrons. The van der Waals surface area contributed by atoms with Gasteiger partial charge in [0, 0.05) is 6.42 Å². The van der Waals surface area contributed by atoms with Crippen LogP contribution in [0.4, 0.5) is 0 Å². The average molecular weight is 214 g/mol. The third-order valence-corrected chi connectivity index (χ3v) is 3.82. The maximum Gasteiger partial charge on any atom is 0.305 e. The summed E-state index contributed by atoms with van der Waals surface area (Å²) < 4.78 is 4.62. The number of carbonyl (C=O) groups is 1. The Kier molecular flexibility index (Phi) is 7.45. The molecule has 0 aliphatic carbocycles. The van der Waals surface area contributed by atoms with E-state index in [0.717, 1.165) is 12.8 Å². The van der Waals surface area contributed by atoms with E-state index in [2.05, 4.69) is 25.5 Å². The predicted octanol–water partition coefficient (Wildman–Crippen LogP) is 3.94. The fourth-order valence-electron chi connectivity index (χ4n) is 2.15. The molecule has 0 amide bonds. The third kappa shape index (κ3) is 5.19. The first-order chi connectivity index (χ1) is 7.14. The first kappa shape index (κ1) is 14.5. The van der Waals surface area contributed by atoms with Crippen molar-refractivity contribution < 1.29 is 9.53 Å². The van der Waals surface area contributed by atoms with Gasteiger partial charge in [0.15, 0.2) is 0 Å². The maximum atomic E-state index is 10.9. The van der Waals surface area contributed by atoms with Gasteiger partial charge in [0.1, 0.15) is 0 Å². The molecule has 0 atom stereocenters. The van der Waals surface area contributed by atoms with Gasteiger partial charge in [0.25, 0.3) is 0 Å². The zero-order valence-electron chi connectivity index (χ0n) is 10.8. The molecule has 0 aliphatic heterocycles. The van der Waals surface area contributed by atoms with Crippen LogP contribution in [0.15, 0.2) is 0 Å². The number of unbranched alkanes of at least 4 members (excludes halogenated alkanes) is 1. The molecule has 0 radical (unpaired) electrons. The SMILES string of the molecule is CCC(CC)(CC)CCCCC(=O)OC. The summed E-state index contributed by atoms with van der Waals surface area (Å²) in [5.41, 5.74) is 0.510. The van der Waals surface area contributed by atoms with Crippen LogP contribution in [-0.2, 0) is 9.53 Å². The lowest BCUT2D eigenvalue weighted by Gasteiger charge is -2.30. The monoisotopic (exact) mass is 214 g/mol. The molecular formula is C13H26O2. The van der Waals surface area contributed by atoms with Crippen molar-refractivity contribution in [3.05, 3.63) is 0 Å². The van der Waals surface area contributed by atoms with Crippen LogP contribution in [0.3, 0.4) is 0 Å². The Morgan fingerprint density at radius 2 is 1.60 bits per heavy atom. The summed E-state index contributed by atoms with van der Waals surface area (Å²) >= 11 is 0. The Labute approximate surface area is 94.4 Å². The molecule has 2 nitrogen and oxygen atoms in total. The van der Waals surface area contributed by atoms with E-state index in [0.29, 0.717) is 11.8 Å². The molecule has 0 saturated heterocycles. The standard InChI is InChI=1S/C13H26O2/c1-5-13(6-2,7-3)11-9-8-10-12(14)15-4/h5-11H2,1-4H3. The van der Waals surface area contributed by atoms with Gasteiger partial charge in [-0.15, -0.1) is 0 Å². The second-order valence-corrected chi connectivity index (χ2v) is 4.34. The van der Waals surface area contributed by atoms with Crippen LogP contribution in [-0.4, -0.2) is 13.1 Å². The molecule has 0 saturated carbocycles. The van der Waals surface area contributed by atoms with Gasteiger partial charge in [-0.25, -0.2) is 0 Å². The van der Waals surface area contributed by atoms with Crippen molar-refractivity contribution >= 4 is 5.97 Å². The van der Waals surface area contributed by atoms with Crippen LogP contribution in [0, 0.1) is 5.41 Å². The summed E-state index contributed by atoms with van der Waals surface area (Å²) in [5.74, 6) is -0.0786. The Hall–Kier alpha value is -0.530. The Morgan fingerprint density at radius 3 is 2.00 bits per heavy atom. The van der Waals surface area contributed by atoms with Gasteiger partial charge in [0.2, 0.25) is 0 Å². The first-order valence-electron chi connectivity index (χ1n) is 6.21. The van der Waals surface area contributed by atoms with E-state index < -0.39 is 0 Å². The van der Waals surface area contributed by atoms with Gasteiger partial charge in [-0.1, -0.05) is 46.5 Å². The number of hydrogen-bond acceptors (Lipinski definition) is 2. The number of methoxy groups -OCH3 is 1. The lowest BCUT2D eigenvalue weighted by molar-refractivity contribution is -0.140. The molecule has 0 aromatic carbocycles. The molecule has 0 bridgehead atoms. The van der Waals surface area contributed by atoms with Gasteiger partial charge < -0.3 is 4.74 Å². The Morgan fingerprint density at radius 1 is 1.07 bits per heavy atom. The molecule has 2 heteroatoms. The number of esters is 1. The van der Waals surface area contributed by atoms with Crippen molar-refractivity contribution in [3.8, 4) is 0 Å². The molecule has 0 aliphatic rings. The third-order valence-electron chi connectivity index (χ3n) is 3.82. The molecule has 0 rings (SSSR count). The minimum Gasteiger partial charge on any atom is -0.469 e. The van der Waals surface area contributed by atoms with E-state index in [1.807, 2.05) is 0 Å².